The fraction of sp³-hybridized carbons (Fsp3) is 0.632. The van der Waals surface area contributed by atoms with Crippen LogP contribution in [0, 0.1) is 35.0 Å². The maximum Gasteiger partial charge on any atom is 0.181 e. The van der Waals surface area contributed by atoms with Crippen molar-refractivity contribution in [1.29, 1.82) is 0 Å². The summed E-state index contributed by atoms with van der Waals surface area (Å²) in [4.78, 5) is 12.2. The van der Waals surface area contributed by atoms with Crippen molar-refractivity contribution in [3.8, 4) is 12.3 Å². The third-order valence-corrected chi connectivity index (χ3v) is 5.69. The Bertz CT molecular complexity index is 528. The molecule has 0 bridgehead atoms. The third-order valence-electron chi connectivity index (χ3n) is 5.69. The molecule has 0 spiro atoms. The van der Waals surface area contributed by atoms with Gasteiger partial charge in [-0.3, -0.25) is 4.79 Å². The van der Waals surface area contributed by atoms with Gasteiger partial charge in [0, 0.05) is 0 Å². The molecular formula is C19H26O. The van der Waals surface area contributed by atoms with Crippen LogP contribution in [0.1, 0.15) is 53.9 Å². The zero-order valence-electron chi connectivity index (χ0n) is 13.4. The molecule has 0 radical (unpaired) electrons. The molecule has 0 amide bonds. The first-order valence-electron chi connectivity index (χ1n) is 7.75. The lowest BCUT2D eigenvalue weighted by molar-refractivity contribution is -0.111. The molecule has 1 nitrogen and oxygen atoms in total. The van der Waals surface area contributed by atoms with Crippen molar-refractivity contribution in [2.24, 2.45) is 22.7 Å². The van der Waals surface area contributed by atoms with Crippen LogP contribution in [0.4, 0.5) is 0 Å². The number of hydrogen-bond donors (Lipinski definition) is 0. The summed E-state index contributed by atoms with van der Waals surface area (Å²) in [6.07, 6.45) is 13.0. The Morgan fingerprint density at radius 1 is 1.50 bits per heavy atom. The maximum absolute atomic E-state index is 12.2. The second-order valence-electron chi connectivity index (χ2n) is 7.03. The number of carbonyl (C=O) groups is 1. The Morgan fingerprint density at radius 3 is 2.65 bits per heavy atom. The van der Waals surface area contributed by atoms with Gasteiger partial charge in [-0.1, -0.05) is 39.7 Å². The molecule has 0 aromatic heterocycles. The number of ketones is 1. The Balaban J connectivity index is 2.60. The molecule has 0 aliphatic heterocycles. The number of allylic oxidation sites excluding steroid dienone is 4. The SMILES string of the molecule is C#C[C@]12C=C(C)C(=O)C=C1[C@@](C)(CC)[C@H](C(C)C)CC2. The smallest absolute Gasteiger partial charge is 0.181 e. The van der Waals surface area contributed by atoms with Gasteiger partial charge < -0.3 is 0 Å². The lowest BCUT2D eigenvalue weighted by Crippen LogP contribution is -2.45. The number of fused-ring (bicyclic) bond motifs is 1. The lowest BCUT2D eigenvalue weighted by atomic mass is 9.50. The second-order valence-corrected chi connectivity index (χ2v) is 7.03. The van der Waals surface area contributed by atoms with E-state index in [-0.39, 0.29) is 16.6 Å². The highest BCUT2D eigenvalue weighted by Gasteiger charge is 2.51. The molecule has 0 aromatic carbocycles. The fourth-order valence-electron chi connectivity index (χ4n) is 4.39. The van der Waals surface area contributed by atoms with E-state index < -0.39 is 0 Å². The van der Waals surface area contributed by atoms with Gasteiger partial charge >= 0.3 is 0 Å². The summed E-state index contributed by atoms with van der Waals surface area (Å²) in [5, 5.41) is 0. The topological polar surface area (TPSA) is 17.1 Å². The quantitative estimate of drug-likeness (QED) is 0.673. The first-order chi connectivity index (χ1) is 9.30. The molecule has 0 saturated heterocycles. The van der Waals surface area contributed by atoms with Gasteiger partial charge in [0.1, 0.15) is 0 Å². The van der Waals surface area contributed by atoms with Gasteiger partial charge in [0.15, 0.2) is 5.78 Å². The van der Waals surface area contributed by atoms with E-state index in [2.05, 4.69) is 39.7 Å². The number of terminal acetylenes is 1. The summed E-state index contributed by atoms with van der Waals surface area (Å²) in [6.45, 7) is 11.0. The van der Waals surface area contributed by atoms with Gasteiger partial charge in [0.25, 0.3) is 0 Å². The molecule has 0 aromatic rings. The molecule has 0 heterocycles. The van der Waals surface area contributed by atoms with Crippen LogP contribution in [-0.4, -0.2) is 5.78 Å². The summed E-state index contributed by atoms with van der Waals surface area (Å²) < 4.78 is 0. The average molecular weight is 270 g/mol. The highest BCUT2D eigenvalue weighted by atomic mass is 16.1. The molecule has 108 valence electrons. The number of hydrogen-bond acceptors (Lipinski definition) is 1. The summed E-state index contributed by atoms with van der Waals surface area (Å²) in [5.74, 6) is 4.36. The standard InChI is InChI=1S/C19H26O/c1-7-18(6)15(13(3)4)9-10-19(8-2)12-14(5)16(20)11-17(18)19/h2,11-13,15H,7,9-10H2,1,3-6H3/t15-,18-,19-/m0/s1. The Labute approximate surface area is 123 Å². The van der Waals surface area contributed by atoms with Gasteiger partial charge in [-0.15, -0.1) is 6.42 Å². The molecule has 1 heteroatoms. The summed E-state index contributed by atoms with van der Waals surface area (Å²) in [5.41, 5.74) is 1.70. The summed E-state index contributed by atoms with van der Waals surface area (Å²) in [6, 6.07) is 0. The number of carbonyl (C=O) groups excluding carboxylic acids is 1. The van der Waals surface area contributed by atoms with Crippen molar-refractivity contribution in [1.82, 2.24) is 0 Å². The van der Waals surface area contributed by atoms with Crippen LogP contribution in [-0.2, 0) is 4.79 Å². The lowest BCUT2D eigenvalue weighted by Gasteiger charge is -2.53. The zero-order chi connectivity index (χ0) is 15.1. The molecule has 3 atom stereocenters. The van der Waals surface area contributed by atoms with Gasteiger partial charge in [-0.25, -0.2) is 0 Å². The van der Waals surface area contributed by atoms with E-state index in [1.807, 2.05) is 13.0 Å². The normalized spacial score (nSPS) is 37.0. The van der Waals surface area contributed by atoms with Crippen LogP contribution < -0.4 is 0 Å². The highest BCUT2D eigenvalue weighted by molar-refractivity contribution is 6.05. The number of rotatable bonds is 2. The monoisotopic (exact) mass is 270 g/mol. The first kappa shape index (κ1) is 15.1. The van der Waals surface area contributed by atoms with Crippen LogP contribution in [0.2, 0.25) is 0 Å². The molecule has 1 saturated carbocycles. The summed E-state index contributed by atoms with van der Waals surface area (Å²) in [7, 11) is 0. The van der Waals surface area contributed by atoms with E-state index in [0.717, 1.165) is 24.8 Å². The predicted octanol–water partition coefficient (Wildman–Crippen LogP) is 4.54. The van der Waals surface area contributed by atoms with Gasteiger partial charge in [-0.05, 0) is 60.7 Å². The van der Waals surface area contributed by atoms with E-state index in [4.69, 9.17) is 6.42 Å². The molecule has 2 aliphatic carbocycles. The van der Waals surface area contributed by atoms with E-state index in [1.165, 1.54) is 5.57 Å². The molecule has 0 unspecified atom stereocenters. The zero-order valence-corrected chi connectivity index (χ0v) is 13.4. The van der Waals surface area contributed by atoms with Crippen LogP contribution in [0.3, 0.4) is 0 Å². The maximum atomic E-state index is 12.2. The minimum Gasteiger partial charge on any atom is -0.290 e. The van der Waals surface area contributed by atoms with E-state index in [0.29, 0.717) is 11.8 Å². The first-order valence-corrected chi connectivity index (χ1v) is 7.75. The molecule has 2 rings (SSSR count). The van der Waals surface area contributed by atoms with Crippen LogP contribution in [0.15, 0.2) is 23.3 Å². The fourth-order valence-corrected chi connectivity index (χ4v) is 4.39. The van der Waals surface area contributed by atoms with Gasteiger partial charge in [-0.2, -0.15) is 0 Å². The van der Waals surface area contributed by atoms with Gasteiger partial charge in [0.2, 0.25) is 0 Å². The second kappa shape index (κ2) is 4.92. The minimum absolute atomic E-state index is 0.0334. The van der Waals surface area contributed by atoms with E-state index in [9.17, 15) is 4.79 Å². The summed E-state index contributed by atoms with van der Waals surface area (Å²) >= 11 is 0. The molecule has 1 fully saturated rings. The van der Waals surface area contributed by atoms with Crippen molar-refractivity contribution in [3.63, 3.8) is 0 Å². The molecular weight excluding hydrogens is 244 g/mol. The van der Waals surface area contributed by atoms with Crippen LogP contribution >= 0.6 is 0 Å². The van der Waals surface area contributed by atoms with Crippen LogP contribution in [0.25, 0.3) is 0 Å². The largest absolute Gasteiger partial charge is 0.290 e. The average Bonchev–Trinajstić information content (AvgIpc) is 2.41. The molecule has 0 N–H and O–H groups in total. The van der Waals surface area contributed by atoms with Crippen molar-refractivity contribution >= 4 is 5.78 Å². The minimum atomic E-state index is -0.325. The molecule has 2 aliphatic rings. The Morgan fingerprint density at radius 2 is 2.15 bits per heavy atom. The van der Waals surface area contributed by atoms with E-state index in [1.54, 1.807) is 0 Å². The van der Waals surface area contributed by atoms with Crippen molar-refractivity contribution in [2.75, 3.05) is 0 Å². The molecule has 20 heavy (non-hydrogen) atoms. The van der Waals surface area contributed by atoms with Crippen LogP contribution in [0.5, 0.6) is 0 Å². The predicted molar refractivity (Wildman–Crippen MR) is 84.1 cm³/mol. The van der Waals surface area contributed by atoms with Gasteiger partial charge in [0.05, 0.1) is 5.41 Å². The highest BCUT2D eigenvalue weighted by Crippen LogP contribution is 2.59. The van der Waals surface area contributed by atoms with E-state index >= 15 is 0 Å². The van der Waals surface area contributed by atoms with Crippen molar-refractivity contribution < 1.29 is 4.79 Å². The third kappa shape index (κ3) is 1.97. The van der Waals surface area contributed by atoms with Crippen molar-refractivity contribution in [2.45, 2.75) is 53.9 Å². The Kier molecular flexibility index (Phi) is 3.71. The Hall–Kier alpha value is -1.29. The van der Waals surface area contributed by atoms with Crippen molar-refractivity contribution in [3.05, 3.63) is 23.3 Å².